The molecule has 2 N–H and O–H groups in total. The van der Waals surface area contributed by atoms with Crippen molar-refractivity contribution in [1.29, 1.82) is 0 Å². The smallest absolute Gasteiger partial charge is 0.243 e. The molecule has 3 rings (SSSR count). The molecule has 0 aliphatic carbocycles. The summed E-state index contributed by atoms with van der Waals surface area (Å²) in [5.41, 5.74) is 1.07. The average molecular weight is 345 g/mol. The molecule has 22 heavy (non-hydrogen) atoms. The van der Waals surface area contributed by atoms with Crippen LogP contribution in [0.4, 0.5) is 5.13 Å². The van der Waals surface area contributed by atoms with Crippen LogP contribution in [-0.2, 0) is 11.3 Å². The van der Waals surface area contributed by atoms with Crippen LogP contribution in [0.25, 0.3) is 0 Å². The molecule has 0 radical (unpaired) electrons. The van der Waals surface area contributed by atoms with Gasteiger partial charge in [-0.1, -0.05) is 6.92 Å². The van der Waals surface area contributed by atoms with Crippen LogP contribution in [0.1, 0.15) is 38.3 Å². The lowest BCUT2D eigenvalue weighted by Crippen LogP contribution is -2.35. The Kier molecular flexibility index (Phi) is 6.62. The van der Waals surface area contributed by atoms with E-state index in [0.717, 1.165) is 55.8 Å². The van der Waals surface area contributed by atoms with E-state index in [1.807, 2.05) is 0 Å². The molecule has 2 aliphatic heterocycles. The lowest BCUT2D eigenvalue weighted by molar-refractivity contribution is -0.117. The van der Waals surface area contributed by atoms with E-state index in [1.165, 1.54) is 24.2 Å². The second kappa shape index (κ2) is 8.24. The molecule has 5 nitrogen and oxygen atoms in total. The van der Waals surface area contributed by atoms with Gasteiger partial charge in [-0.05, 0) is 44.7 Å². The second-order valence-electron chi connectivity index (χ2n) is 6.26. The Morgan fingerprint density at radius 2 is 2.36 bits per heavy atom. The summed E-state index contributed by atoms with van der Waals surface area (Å²) in [6.07, 6.45) is 4.62. The normalized spacial score (nSPS) is 25.7. The zero-order chi connectivity index (χ0) is 14.7. The van der Waals surface area contributed by atoms with E-state index in [2.05, 4.69) is 32.8 Å². The Labute approximate surface area is 142 Å². The van der Waals surface area contributed by atoms with Gasteiger partial charge >= 0.3 is 0 Å². The third-order valence-electron chi connectivity index (χ3n) is 4.29. The Bertz CT molecular complexity index is 490. The largest absolute Gasteiger partial charge is 0.306 e. The summed E-state index contributed by atoms with van der Waals surface area (Å²) in [4.78, 5) is 19.1. The molecule has 7 heteroatoms. The van der Waals surface area contributed by atoms with Crippen molar-refractivity contribution in [3.8, 4) is 0 Å². The summed E-state index contributed by atoms with van der Waals surface area (Å²) in [7, 11) is 0. The molecule has 2 unspecified atom stereocenters. The zero-order valence-electron chi connectivity index (χ0n) is 13.0. The fourth-order valence-electron chi connectivity index (χ4n) is 3.20. The maximum atomic E-state index is 12.0. The van der Waals surface area contributed by atoms with Gasteiger partial charge in [-0.3, -0.25) is 9.69 Å². The standard InChI is InChI=1S/C15H24N4OS.ClH/c1-11-4-3-7-19(8-11)9-12-10-21-15(17-12)18-14(20)13-5-2-6-16-13;/h10-11,13,16H,2-9H2,1H3,(H,17,18,20);1H. The van der Waals surface area contributed by atoms with Crippen molar-refractivity contribution >= 4 is 34.8 Å². The first-order valence-corrected chi connectivity index (χ1v) is 8.79. The van der Waals surface area contributed by atoms with E-state index < -0.39 is 0 Å². The van der Waals surface area contributed by atoms with Gasteiger partial charge in [0.25, 0.3) is 0 Å². The summed E-state index contributed by atoms with van der Waals surface area (Å²) in [6, 6.07) is -0.0414. The van der Waals surface area contributed by atoms with Crippen molar-refractivity contribution in [2.24, 2.45) is 5.92 Å². The van der Waals surface area contributed by atoms with E-state index in [0.29, 0.717) is 0 Å². The van der Waals surface area contributed by atoms with Crippen LogP contribution in [0.3, 0.4) is 0 Å². The molecule has 2 aliphatic rings. The molecule has 0 aromatic carbocycles. The minimum absolute atomic E-state index is 0. The molecule has 3 heterocycles. The first kappa shape index (κ1) is 17.7. The first-order chi connectivity index (χ1) is 10.2. The maximum Gasteiger partial charge on any atom is 0.243 e. The average Bonchev–Trinajstić information content (AvgIpc) is 3.10. The van der Waals surface area contributed by atoms with Gasteiger partial charge in [0.15, 0.2) is 5.13 Å². The van der Waals surface area contributed by atoms with E-state index in [-0.39, 0.29) is 24.4 Å². The van der Waals surface area contributed by atoms with Crippen LogP contribution in [0.5, 0.6) is 0 Å². The molecule has 2 saturated heterocycles. The Hall–Kier alpha value is -0.690. The zero-order valence-corrected chi connectivity index (χ0v) is 14.6. The minimum Gasteiger partial charge on any atom is -0.306 e. The molecule has 1 aromatic rings. The van der Waals surface area contributed by atoms with Gasteiger partial charge in [-0.25, -0.2) is 4.98 Å². The summed E-state index contributed by atoms with van der Waals surface area (Å²) in [5.74, 6) is 0.838. The number of anilines is 1. The van der Waals surface area contributed by atoms with Gasteiger partial charge in [0.05, 0.1) is 11.7 Å². The van der Waals surface area contributed by atoms with E-state index in [4.69, 9.17) is 0 Å². The predicted octanol–water partition coefficient (Wildman–Crippen LogP) is 2.49. The van der Waals surface area contributed by atoms with Gasteiger partial charge in [0.1, 0.15) is 0 Å². The van der Waals surface area contributed by atoms with E-state index in [1.54, 1.807) is 0 Å². The van der Waals surface area contributed by atoms with Crippen molar-refractivity contribution in [3.63, 3.8) is 0 Å². The van der Waals surface area contributed by atoms with Crippen LogP contribution in [0, 0.1) is 5.92 Å². The van der Waals surface area contributed by atoms with Gasteiger partial charge < -0.3 is 10.6 Å². The van der Waals surface area contributed by atoms with Crippen LogP contribution >= 0.6 is 23.7 Å². The molecule has 0 bridgehead atoms. The highest BCUT2D eigenvalue weighted by Crippen LogP contribution is 2.21. The number of nitrogens with one attached hydrogen (secondary N) is 2. The Balaban J connectivity index is 0.00000176. The fraction of sp³-hybridized carbons (Fsp3) is 0.733. The number of piperidine rings is 1. The third kappa shape index (κ3) is 4.65. The number of hydrogen-bond acceptors (Lipinski definition) is 5. The molecule has 1 aromatic heterocycles. The monoisotopic (exact) mass is 344 g/mol. The van der Waals surface area contributed by atoms with Crippen molar-refractivity contribution in [2.45, 2.75) is 45.2 Å². The number of halogens is 1. The Morgan fingerprint density at radius 3 is 3.09 bits per heavy atom. The number of nitrogens with zero attached hydrogens (tertiary/aromatic N) is 2. The third-order valence-corrected chi connectivity index (χ3v) is 5.09. The topological polar surface area (TPSA) is 57.3 Å². The molecular weight excluding hydrogens is 320 g/mol. The number of amides is 1. The number of carbonyl (C=O) groups is 1. The first-order valence-electron chi connectivity index (χ1n) is 7.92. The number of thiazole rings is 1. The van der Waals surface area contributed by atoms with Gasteiger partial charge in [0.2, 0.25) is 5.91 Å². The number of aromatic nitrogens is 1. The Morgan fingerprint density at radius 1 is 1.50 bits per heavy atom. The number of likely N-dealkylation sites (tertiary alicyclic amines) is 1. The second-order valence-corrected chi connectivity index (χ2v) is 7.12. The fourth-order valence-corrected chi connectivity index (χ4v) is 3.90. The molecule has 0 saturated carbocycles. The van der Waals surface area contributed by atoms with Gasteiger partial charge in [0, 0.05) is 18.5 Å². The maximum absolute atomic E-state index is 12.0. The van der Waals surface area contributed by atoms with Crippen molar-refractivity contribution in [1.82, 2.24) is 15.2 Å². The quantitative estimate of drug-likeness (QED) is 0.881. The molecule has 1 amide bonds. The van der Waals surface area contributed by atoms with Crippen LogP contribution in [0.15, 0.2) is 5.38 Å². The summed E-state index contributed by atoms with van der Waals surface area (Å²) < 4.78 is 0. The van der Waals surface area contributed by atoms with Gasteiger partial charge in [-0.15, -0.1) is 23.7 Å². The molecule has 2 atom stereocenters. The highest BCUT2D eigenvalue weighted by molar-refractivity contribution is 7.13. The summed E-state index contributed by atoms with van der Waals surface area (Å²) in [5, 5.41) is 8.95. The highest BCUT2D eigenvalue weighted by Gasteiger charge is 2.23. The van der Waals surface area contributed by atoms with Crippen molar-refractivity contribution in [2.75, 3.05) is 25.0 Å². The SMILES string of the molecule is CC1CCCN(Cc2csc(NC(=O)C3CCCN3)n2)C1.Cl. The van der Waals surface area contributed by atoms with Gasteiger partial charge in [-0.2, -0.15) is 0 Å². The summed E-state index contributed by atoms with van der Waals surface area (Å²) >= 11 is 1.53. The van der Waals surface area contributed by atoms with E-state index >= 15 is 0 Å². The van der Waals surface area contributed by atoms with Crippen LogP contribution in [-0.4, -0.2) is 41.5 Å². The highest BCUT2D eigenvalue weighted by atomic mass is 35.5. The summed E-state index contributed by atoms with van der Waals surface area (Å²) in [6.45, 7) is 6.47. The number of rotatable bonds is 4. The number of carbonyl (C=O) groups excluding carboxylic acids is 1. The van der Waals surface area contributed by atoms with Crippen molar-refractivity contribution < 1.29 is 4.79 Å². The minimum atomic E-state index is -0.0414. The van der Waals surface area contributed by atoms with E-state index in [9.17, 15) is 4.79 Å². The van der Waals surface area contributed by atoms with Crippen LogP contribution in [0.2, 0.25) is 0 Å². The predicted molar refractivity (Wildman–Crippen MR) is 92.7 cm³/mol. The number of hydrogen-bond donors (Lipinski definition) is 2. The molecule has 0 spiro atoms. The molecular formula is C15H25ClN4OS. The lowest BCUT2D eigenvalue weighted by atomic mass is 10.0. The molecule has 124 valence electrons. The lowest BCUT2D eigenvalue weighted by Gasteiger charge is -2.30. The molecule has 2 fully saturated rings. The van der Waals surface area contributed by atoms with Crippen LogP contribution < -0.4 is 10.6 Å². The van der Waals surface area contributed by atoms with Crippen molar-refractivity contribution in [3.05, 3.63) is 11.1 Å².